The summed E-state index contributed by atoms with van der Waals surface area (Å²) in [6.07, 6.45) is 1.11. The average Bonchev–Trinajstić information content (AvgIpc) is 2.52. The highest BCUT2D eigenvalue weighted by Gasteiger charge is 2.32. The molecule has 0 aliphatic carbocycles. The van der Waals surface area contributed by atoms with Crippen molar-refractivity contribution in [3.05, 3.63) is 44.7 Å². The van der Waals surface area contributed by atoms with Crippen LogP contribution in [0.15, 0.2) is 29.1 Å². The van der Waals surface area contributed by atoms with Gasteiger partial charge in [0.1, 0.15) is 5.69 Å². The maximum absolute atomic E-state index is 12.8. The number of para-hydroxylation sites is 1. The summed E-state index contributed by atoms with van der Waals surface area (Å²) < 4.78 is 1.49. The van der Waals surface area contributed by atoms with Crippen molar-refractivity contribution in [2.45, 2.75) is 33.7 Å². The van der Waals surface area contributed by atoms with Gasteiger partial charge in [0.2, 0.25) is 0 Å². The summed E-state index contributed by atoms with van der Waals surface area (Å²) in [5.41, 5.74) is 0.444. The molecule has 0 radical (unpaired) electrons. The minimum absolute atomic E-state index is 0.295. The molecular weight excluding hydrogens is 306 g/mol. The standard InChI is InChI=1S/C18H23N3O3/c1-4-20-15-8-6-5-7-14(15)16(17(18(20)22)21(23)24)19-10-12(2)9-13(3)11-19/h5-8,12-13H,4,9-11H2,1-3H3/t12-,13-/m1/s1. The van der Waals surface area contributed by atoms with Crippen LogP contribution in [-0.4, -0.2) is 22.6 Å². The van der Waals surface area contributed by atoms with Gasteiger partial charge in [-0.1, -0.05) is 32.0 Å². The maximum atomic E-state index is 12.8. The van der Waals surface area contributed by atoms with E-state index in [9.17, 15) is 14.9 Å². The summed E-state index contributed by atoms with van der Waals surface area (Å²) in [6, 6.07) is 7.49. The van der Waals surface area contributed by atoms with Crippen molar-refractivity contribution in [2.24, 2.45) is 11.8 Å². The quantitative estimate of drug-likeness (QED) is 0.639. The van der Waals surface area contributed by atoms with Crippen molar-refractivity contribution in [1.82, 2.24) is 4.57 Å². The third-order valence-electron chi connectivity index (χ3n) is 4.81. The molecule has 1 aliphatic heterocycles. The van der Waals surface area contributed by atoms with Gasteiger partial charge in [-0.2, -0.15) is 0 Å². The summed E-state index contributed by atoms with van der Waals surface area (Å²) in [6.45, 7) is 8.04. The van der Waals surface area contributed by atoms with E-state index in [1.165, 1.54) is 4.57 Å². The van der Waals surface area contributed by atoms with Gasteiger partial charge in [0.25, 0.3) is 0 Å². The largest absolute Gasteiger partial charge is 0.365 e. The molecule has 0 amide bonds. The molecule has 1 saturated heterocycles. The molecule has 6 nitrogen and oxygen atoms in total. The molecule has 3 rings (SSSR count). The number of aromatic nitrogens is 1. The van der Waals surface area contributed by atoms with E-state index in [4.69, 9.17) is 0 Å². The lowest BCUT2D eigenvalue weighted by Crippen LogP contribution is -2.40. The number of anilines is 1. The Balaban J connectivity index is 2.35. The topological polar surface area (TPSA) is 68.4 Å². The summed E-state index contributed by atoms with van der Waals surface area (Å²) in [7, 11) is 0. The Hall–Kier alpha value is -2.37. The number of nitrogens with zero attached hydrogens (tertiary/aromatic N) is 3. The number of hydrogen-bond acceptors (Lipinski definition) is 4. The Morgan fingerprint density at radius 2 is 1.83 bits per heavy atom. The molecule has 24 heavy (non-hydrogen) atoms. The van der Waals surface area contributed by atoms with Crippen LogP contribution in [0, 0.1) is 22.0 Å². The van der Waals surface area contributed by atoms with Gasteiger partial charge >= 0.3 is 11.2 Å². The molecular formula is C18H23N3O3. The minimum Gasteiger partial charge on any atom is -0.365 e. The van der Waals surface area contributed by atoms with Gasteiger partial charge in [0.05, 0.1) is 10.4 Å². The zero-order chi connectivity index (χ0) is 17.4. The molecule has 2 aromatic rings. The molecule has 1 aromatic heterocycles. The lowest BCUT2D eigenvalue weighted by Gasteiger charge is -2.36. The number of fused-ring (bicyclic) bond motifs is 1. The van der Waals surface area contributed by atoms with Crippen molar-refractivity contribution in [1.29, 1.82) is 0 Å². The predicted octanol–water partition coefficient (Wildman–Crippen LogP) is 3.41. The van der Waals surface area contributed by atoms with E-state index < -0.39 is 10.5 Å². The van der Waals surface area contributed by atoms with E-state index in [-0.39, 0.29) is 5.69 Å². The number of pyridine rings is 1. The van der Waals surface area contributed by atoms with E-state index in [2.05, 4.69) is 13.8 Å². The first-order chi connectivity index (χ1) is 11.4. The molecule has 0 unspecified atom stereocenters. The molecule has 0 N–H and O–H groups in total. The van der Waals surface area contributed by atoms with E-state index in [0.717, 1.165) is 30.4 Å². The summed E-state index contributed by atoms with van der Waals surface area (Å²) in [4.78, 5) is 26.0. The van der Waals surface area contributed by atoms with Crippen molar-refractivity contribution >= 4 is 22.3 Å². The zero-order valence-corrected chi connectivity index (χ0v) is 14.4. The third-order valence-corrected chi connectivity index (χ3v) is 4.81. The highest BCUT2D eigenvalue weighted by atomic mass is 16.6. The predicted molar refractivity (Wildman–Crippen MR) is 95.7 cm³/mol. The van der Waals surface area contributed by atoms with E-state index in [0.29, 0.717) is 24.1 Å². The molecule has 0 spiro atoms. The van der Waals surface area contributed by atoms with Gasteiger partial charge in [-0.15, -0.1) is 0 Å². The van der Waals surface area contributed by atoms with Crippen LogP contribution in [0.3, 0.4) is 0 Å². The highest BCUT2D eigenvalue weighted by Crippen LogP contribution is 2.36. The number of nitro groups is 1. The summed E-state index contributed by atoms with van der Waals surface area (Å²) in [5.74, 6) is 0.890. The molecule has 1 aromatic carbocycles. The van der Waals surface area contributed by atoms with Crippen molar-refractivity contribution < 1.29 is 4.92 Å². The molecule has 1 fully saturated rings. The van der Waals surface area contributed by atoms with Crippen molar-refractivity contribution in [3.8, 4) is 0 Å². The van der Waals surface area contributed by atoms with Crippen LogP contribution in [-0.2, 0) is 6.54 Å². The third kappa shape index (κ3) is 2.66. The van der Waals surface area contributed by atoms with Gasteiger partial charge in [-0.25, -0.2) is 0 Å². The van der Waals surface area contributed by atoms with Gasteiger partial charge in [0.15, 0.2) is 0 Å². The van der Waals surface area contributed by atoms with Crippen LogP contribution in [0.4, 0.5) is 11.4 Å². The Morgan fingerprint density at radius 3 is 2.42 bits per heavy atom. The van der Waals surface area contributed by atoms with Crippen LogP contribution >= 0.6 is 0 Å². The van der Waals surface area contributed by atoms with E-state index in [1.807, 2.05) is 36.1 Å². The lowest BCUT2D eigenvalue weighted by atomic mass is 9.91. The van der Waals surface area contributed by atoms with E-state index in [1.54, 1.807) is 0 Å². The first-order valence-corrected chi connectivity index (χ1v) is 8.48. The Bertz CT molecular complexity index is 833. The summed E-state index contributed by atoms with van der Waals surface area (Å²) in [5, 5.41) is 12.5. The first kappa shape index (κ1) is 16.5. The Labute approximate surface area is 140 Å². The fraction of sp³-hybridized carbons (Fsp3) is 0.500. The number of aryl methyl sites for hydroxylation is 1. The van der Waals surface area contributed by atoms with Gasteiger partial charge in [-0.05, 0) is 31.2 Å². The highest BCUT2D eigenvalue weighted by molar-refractivity contribution is 5.96. The molecule has 1 aliphatic rings. The zero-order valence-electron chi connectivity index (χ0n) is 14.4. The summed E-state index contributed by atoms with van der Waals surface area (Å²) >= 11 is 0. The van der Waals surface area contributed by atoms with Gasteiger partial charge in [-0.3, -0.25) is 14.9 Å². The van der Waals surface area contributed by atoms with Crippen LogP contribution in [0.25, 0.3) is 10.9 Å². The van der Waals surface area contributed by atoms with Crippen LogP contribution < -0.4 is 10.5 Å². The SMILES string of the molecule is CCn1c(=O)c([N+](=O)[O-])c(N2C[C@H](C)C[C@@H](C)C2)c2ccccc21. The molecule has 2 heterocycles. The monoisotopic (exact) mass is 329 g/mol. The van der Waals surface area contributed by atoms with Crippen LogP contribution in [0.1, 0.15) is 27.2 Å². The molecule has 6 heteroatoms. The fourth-order valence-electron chi connectivity index (χ4n) is 4.02. The second-order valence-corrected chi connectivity index (χ2v) is 6.87. The average molecular weight is 329 g/mol. The first-order valence-electron chi connectivity index (χ1n) is 8.48. The number of rotatable bonds is 3. The smallest absolute Gasteiger partial charge is 0.357 e. The second kappa shape index (κ2) is 6.26. The van der Waals surface area contributed by atoms with Gasteiger partial charge in [0, 0.05) is 25.0 Å². The van der Waals surface area contributed by atoms with Crippen molar-refractivity contribution in [3.63, 3.8) is 0 Å². The lowest BCUT2D eigenvalue weighted by molar-refractivity contribution is -0.385. The van der Waals surface area contributed by atoms with Crippen LogP contribution in [0.2, 0.25) is 0 Å². The Morgan fingerprint density at radius 1 is 1.21 bits per heavy atom. The number of hydrogen-bond donors (Lipinski definition) is 0. The second-order valence-electron chi connectivity index (χ2n) is 6.87. The minimum atomic E-state index is -0.514. The maximum Gasteiger partial charge on any atom is 0.357 e. The van der Waals surface area contributed by atoms with E-state index >= 15 is 0 Å². The normalized spacial score (nSPS) is 21.2. The van der Waals surface area contributed by atoms with Crippen LogP contribution in [0.5, 0.6) is 0 Å². The van der Waals surface area contributed by atoms with Crippen molar-refractivity contribution in [2.75, 3.05) is 18.0 Å². The molecule has 0 saturated carbocycles. The fourth-order valence-corrected chi connectivity index (χ4v) is 4.02. The molecule has 2 atom stereocenters. The molecule has 0 bridgehead atoms. The number of piperidine rings is 1. The Kier molecular flexibility index (Phi) is 4.30. The molecule has 128 valence electrons. The number of benzene rings is 1. The van der Waals surface area contributed by atoms with Gasteiger partial charge < -0.3 is 9.47 Å².